The average molecular weight is 414 g/mol. The van der Waals surface area contributed by atoms with E-state index in [1.165, 1.54) is 12.8 Å². The Morgan fingerprint density at radius 1 is 1.23 bits per heavy atom. The number of nitrogens with one attached hydrogen (secondary N) is 2. The molecule has 4 rings (SSSR count). The van der Waals surface area contributed by atoms with Crippen LogP contribution in [0.4, 0.5) is 0 Å². The van der Waals surface area contributed by atoms with E-state index in [1.54, 1.807) is 4.68 Å². The van der Waals surface area contributed by atoms with Gasteiger partial charge in [0.25, 0.3) is 5.91 Å². The first kappa shape index (κ1) is 21.1. The van der Waals surface area contributed by atoms with Gasteiger partial charge in [-0.2, -0.15) is 10.1 Å². The largest absolute Gasteiger partial charge is 0.474 e. The second-order valence-electron chi connectivity index (χ2n) is 9.47. The second kappa shape index (κ2) is 8.92. The summed E-state index contributed by atoms with van der Waals surface area (Å²) in [5.41, 5.74) is 1.13. The van der Waals surface area contributed by atoms with Crippen molar-refractivity contribution >= 4 is 16.9 Å². The third kappa shape index (κ3) is 4.46. The van der Waals surface area contributed by atoms with Gasteiger partial charge in [0.15, 0.2) is 11.3 Å². The Morgan fingerprint density at radius 3 is 2.73 bits per heavy atom. The van der Waals surface area contributed by atoms with E-state index in [1.807, 2.05) is 19.2 Å². The van der Waals surface area contributed by atoms with E-state index in [4.69, 9.17) is 9.72 Å². The third-order valence-corrected chi connectivity index (χ3v) is 6.78. The van der Waals surface area contributed by atoms with Gasteiger partial charge in [-0.3, -0.25) is 4.79 Å². The minimum Gasteiger partial charge on any atom is -0.474 e. The van der Waals surface area contributed by atoms with E-state index < -0.39 is 0 Å². The lowest BCUT2D eigenvalue weighted by molar-refractivity contribution is 0.0443. The predicted molar refractivity (Wildman–Crippen MR) is 118 cm³/mol. The van der Waals surface area contributed by atoms with Crippen LogP contribution in [0, 0.1) is 17.8 Å². The van der Waals surface area contributed by atoms with E-state index in [-0.39, 0.29) is 18.1 Å². The number of ether oxygens (including phenoxy) is 1. The highest BCUT2D eigenvalue weighted by molar-refractivity contribution is 6.04. The maximum absolute atomic E-state index is 12.8. The molecule has 0 radical (unpaired) electrons. The van der Waals surface area contributed by atoms with Crippen LogP contribution in [0.25, 0.3) is 11.0 Å². The molecule has 30 heavy (non-hydrogen) atoms. The number of carbonyl (C=O) groups is 1. The summed E-state index contributed by atoms with van der Waals surface area (Å²) in [4.78, 5) is 17.5. The Hall–Kier alpha value is -2.15. The van der Waals surface area contributed by atoms with E-state index in [2.05, 4.69) is 36.5 Å². The van der Waals surface area contributed by atoms with E-state index in [0.29, 0.717) is 29.1 Å². The normalized spacial score (nSPS) is 25.6. The SMILES string of the molecule is CC1CCC(Oc2ccc3c(C(=O)NC4CCNCC4)nn(C)c3n2)C(C(C)C)C1. The molecule has 1 aliphatic carbocycles. The van der Waals surface area contributed by atoms with Gasteiger partial charge in [-0.15, -0.1) is 0 Å². The van der Waals surface area contributed by atoms with Crippen molar-refractivity contribution in [3.8, 4) is 5.88 Å². The van der Waals surface area contributed by atoms with E-state index >= 15 is 0 Å². The summed E-state index contributed by atoms with van der Waals surface area (Å²) in [6, 6.07) is 4.02. The van der Waals surface area contributed by atoms with Gasteiger partial charge in [-0.1, -0.05) is 20.8 Å². The number of carbonyl (C=O) groups excluding carboxylic acids is 1. The van der Waals surface area contributed by atoms with Gasteiger partial charge in [0.1, 0.15) is 6.10 Å². The number of rotatable bonds is 5. The number of piperidine rings is 1. The molecule has 0 aromatic carbocycles. The van der Waals surface area contributed by atoms with E-state index in [9.17, 15) is 4.79 Å². The minimum atomic E-state index is -0.121. The van der Waals surface area contributed by atoms with Crippen molar-refractivity contribution in [2.24, 2.45) is 24.8 Å². The molecule has 1 aliphatic heterocycles. The van der Waals surface area contributed by atoms with Gasteiger partial charge in [0, 0.05) is 19.2 Å². The van der Waals surface area contributed by atoms with Crippen LogP contribution in [0.2, 0.25) is 0 Å². The first-order valence-electron chi connectivity index (χ1n) is 11.4. The van der Waals surface area contributed by atoms with E-state index in [0.717, 1.165) is 43.7 Å². The quantitative estimate of drug-likeness (QED) is 0.786. The molecular weight excluding hydrogens is 378 g/mol. The highest BCUT2D eigenvalue weighted by Crippen LogP contribution is 2.36. The number of nitrogens with zero attached hydrogens (tertiary/aromatic N) is 3. The minimum absolute atomic E-state index is 0.121. The van der Waals surface area contributed by atoms with Gasteiger partial charge in [0.2, 0.25) is 5.88 Å². The van der Waals surface area contributed by atoms with Gasteiger partial charge in [-0.05, 0) is 69.0 Å². The van der Waals surface area contributed by atoms with Crippen molar-refractivity contribution < 1.29 is 9.53 Å². The Labute approximate surface area is 179 Å². The molecule has 0 bridgehead atoms. The number of pyridine rings is 1. The summed E-state index contributed by atoms with van der Waals surface area (Å²) in [6.07, 6.45) is 5.56. The molecular formula is C23H35N5O2. The third-order valence-electron chi connectivity index (χ3n) is 6.78. The smallest absolute Gasteiger partial charge is 0.272 e. The maximum Gasteiger partial charge on any atom is 0.272 e. The van der Waals surface area contributed by atoms with Crippen LogP contribution >= 0.6 is 0 Å². The number of aromatic nitrogens is 3. The topological polar surface area (TPSA) is 81.1 Å². The van der Waals surface area contributed by atoms with Crippen LogP contribution in [0.1, 0.15) is 63.4 Å². The Kier molecular flexibility index (Phi) is 6.27. The molecule has 3 heterocycles. The molecule has 1 amide bonds. The van der Waals surface area contributed by atoms with Crippen molar-refractivity contribution in [3.05, 3.63) is 17.8 Å². The monoisotopic (exact) mass is 413 g/mol. The van der Waals surface area contributed by atoms with Crippen molar-refractivity contribution in [1.82, 2.24) is 25.4 Å². The van der Waals surface area contributed by atoms with Gasteiger partial charge in [-0.25, -0.2) is 4.68 Å². The molecule has 3 unspecified atom stereocenters. The molecule has 0 spiro atoms. The van der Waals surface area contributed by atoms with Crippen LogP contribution in [0.5, 0.6) is 5.88 Å². The Balaban J connectivity index is 1.52. The predicted octanol–water partition coefficient (Wildman–Crippen LogP) is 3.29. The molecule has 2 fully saturated rings. The number of amides is 1. The molecule has 2 N–H and O–H groups in total. The summed E-state index contributed by atoms with van der Waals surface area (Å²) in [5.74, 6) is 2.39. The summed E-state index contributed by atoms with van der Waals surface area (Å²) in [7, 11) is 1.83. The summed E-state index contributed by atoms with van der Waals surface area (Å²) < 4.78 is 8.06. The first-order valence-corrected chi connectivity index (χ1v) is 11.4. The lowest BCUT2D eigenvalue weighted by Crippen LogP contribution is -2.42. The van der Waals surface area contributed by atoms with Gasteiger partial charge >= 0.3 is 0 Å². The Morgan fingerprint density at radius 2 is 2.00 bits per heavy atom. The molecule has 2 aliphatic rings. The highest BCUT2D eigenvalue weighted by Gasteiger charge is 2.32. The Bertz CT molecular complexity index is 887. The second-order valence-corrected chi connectivity index (χ2v) is 9.47. The van der Waals surface area contributed by atoms with Crippen molar-refractivity contribution in [2.45, 2.75) is 65.0 Å². The van der Waals surface area contributed by atoms with Crippen LogP contribution in [0.3, 0.4) is 0 Å². The van der Waals surface area contributed by atoms with Crippen LogP contribution in [-0.2, 0) is 7.05 Å². The zero-order chi connectivity index (χ0) is 21.3. The lowest BCUT2D eigenvalue weighted by Gasteiger charge is -2.37. The summed E-state index contributed by atoms with van der Waals surface area (Å²) in [5, 5.41) is 11.7. The lowest BCUT2D eigenvalue weighted by atomic mass is 9.75. The van der Waals surface area contributed by atoms with Crippen LogP contribution in [0.15, 0.2) is 12.1 Å². The molecule has 2 aromatic rings. The molecule has 7 nitrogen and oxygen atoms in total. The molecule has 1 saturated heterocycles. The fraction of sp³-hybridized carbons (Fsp3) is 0.696. The summed E-state index contributed by atoms with van der Waals surface area (Å²) in [6.45, 7) is 8.77. The summed E-state index contributed by atoms with van der Waals surface area (Å²) >= 11 is 0. The van der Waals surface area contributed by atoms with Gasteiger partial charge < -0.3 is 15.4 Å². The first-order chi connectivity index (χ1) is 14.4. The molecule has 3 atom stereocenters. The average Bonchev–Trinajstić information content (AvgIpc) is 3.06. The van der Waals surface area contributed by atoms with Crippen molar-refractivity contribution in [2.75, 3.05) is 13.1 Å². The fourth-order valence-electron chi connectivity index (χ4n) is 4.97. The van der Waals surface area contributed by atoms with Crippen molar-refractivity contribution in [1.29, 1.82) is 0 Å². The highest BCUT2D eigenvalue weighted by atomic mass is 16.5. The number of fused-ring (bicyclic) bond motifs is 1. The fourth-order valence-corrected chi connectivity index (χ4v) is 4.97. The van der Waals surface area contributed by atoms with Crippen LogP contribution < -0.4 is 15.4 Å². The van der Waals surface area contributed by atoms with Crippen LogP contribution in [-0.4, -0.2) is 45.9 Å². The molecule has 164 valence electrons. The number of hydrogen-bond donors (Lipinski definition) is 2. The standard InChI is InChI=1S/C23H35N5O2/c1-14(2)18-13-15(3)5-7-19(18)30-20-8-6-17-21(27-28(4)22(17)26-20)23(29)25-16-9-11-24-12-10-16/h6,8,14-16,18-19,24H,5,7,9-13H2,1-4H3,(H,25,29). The zero-order valence-electron chi connectivity index (χ0n) is 18.6. The maximum atomic E-state index is 12.8. The molecule has 7 heteroatoms. The molecule has 1 saturated carbocycles. The number of hydrogen-bond acceptors (Lipinski definition) is 5. The van der Waals surface area contributed by atoms with Gasteiger partial charge in [0.05, 0.1) is 5.39 Å². The van der Waals surface area contributed by atoms with Crippen molar-refractivity contribution in [3.63, 3.8) is 0 Å². The number of aryl methyl sites for hydroxylation is 1. The molecule has 2 aromatic heterocycles. The zero-order valence-corrected chi connectivity index (χ0v) is 18.6.